The molecule has 2 aliphatic heterocycles. The zero-order chi connectivity index (χ0) is 69.3. The van der Waals surface area contributed by atoms with E-state index in [0.29, 0.717) is 134 Å². The lowest BCUT2D eigenvalue weighted by Crippen LogP contribution is -2.47. The second-order valence-electron chi connectivity index (χ2n) is 25.7. The summed E-state index contributed by atoms with van der Waals surface area (Å²) in [6, 6.07) is 38.6. The first-order chi connectivity index (χ1) is 48.2. The Balaban J connectivity index is 0.538. The van der Waals surface area contributed by atoms with Gasteiger partial charge in [-0.25, -0.2) is 13.9 Å². The highest BCUT2D eigenvalue weighted by molar-refractivity contribution is 6.14. The normalized spacial score (nSPS) is 14.1. The van der Waals surface area contributed by atoms with Gasteiger partial charge in [0, 0.05) is 134 Å². The number of fused-ring (bicyclic) bond motifs is 7. The van der Waals surface area contributed by atoms with Gasteiger partial charge in [-0.1, -0.05) is 73.7 Å². The molecule has 5 aromatic carbocycles. The maximum Gasteiger partial charge on any atom is 0.260 e. The van der Waals surface area contributed by atoms with Gasteiger partial charge in [0.25, 0.3) is 11.8 Å². The molecule has 99 heavy (non-hydrogen) atoms. The molecule has 1 aliphatic carbocycles. The minimum absolute atomic E-state index is 0.0623. The number of primary amides is 1. The maximum absolute atomic E-state index is 15.0. The van der Waals surface area contributed by atoms with Crippen molar-refractivity contribution in [2.75, 3.05) is 125 Å². The molecular weight excluding hydrogens is 1250 g/mol. The van der Waals surface area contributed by atoms with E-state index in [2.05, 4.69) is 161 Å². The average Bonchev–Trinajstić information content (AvgIpc) is 1.55. The summed E-state index contributed by atoms with van der Waals surface area (Å²) in [5.41, 5.74) is 17.0. The van der Waals surface area contributed by atoms with Crippen molar-refractivity contribution in [3.63, 3.8) is 0 Å². The number of aryl methyl sites for hydroxylation is 2. The summed E-state index contributed by atoms with van der Waals surface area (Å²) in [7, 11) is 0. The highest BCUT2D eigenvalue weighted by Crippen LogP contribution is 2.59. The Morgan fingerprint density at radius 3 is 1.84 bits per heavy atom. The van der Waals surface area contributed by atoms with E-state index in [1.807, 2.05) is 59.9 Å². The molecule has 0 radical (unpaired) electrons. The number of pyridine rings is 1. The fraction of sp³-hybridized carbons (Fsp3) is 0.403. The van der Waals surface area contributed by atoms with Gasteiger partial charge in [0.1, 0.15) is 23.6 Å². The van der Waals surface area contributed by atoms with E-state index in [0.717, 1.165) is 106 Å². The molecule has 0 saturated heterocycles. The van der Waals surface area contributed by atoms with Crippen LogP contribution in [0, 0.1) is 5.41 Å². The predicted molar refractivity (Wildman–Crippen MR) is 382 cm³/mol. The number of carbonyl (C=O) groups excluding carboxylic acids is 4. The zero-order valence-electron chi connectivity index (χ0n) is 57.9. The van der Waals surface area contributed by atoms with Gasteiger partial charge in [0.15, 0.2) is 24.7 Å². The van der Waals surface area contributed by atoms with E-state index in [9.17, 15) is 14.4 Å². The van der Waals surface area contributed by atoms with Crippen LogP contribution >= 0.6 is 0 Å². The first-order valence-electron chi connectivity index (χ1n) is 34.7. The summed E-state index contributed by atoms with van der Waals surface area (Å²) in [5.74, 6) is 0.823. The number of hydrogen-bond acceptors (Lipinski definition) is 16. The fourth-order valence-electron chi connectivity index (χ4n) is 13.3. The first kappa shape index (κ1) is 70.7. The van der Waals surface area contributed by atoms with Crippen LogP contribution in [0.2, 0.25) is 0 Å². The number of benzene rings is 5. The number of nitrogens with one attached hydrogen (secondary N) is 2. The summed E-state index contributed by atoms with van der Waals surface area (Å²) in [5, 5.41) is 19.3. The number of carbonyl (C=O) groups is 4. The van der Waals surface area contributed by atoms with Crippen LogP contribution < -0.4 is 40.4 Å². The lowest BCUT2D eigenvalue weighted by atomic mass is 9.74. The van der Waals surface area contributed by atoms with Crippen LogP contribution in [0.15, 0.2) is 140 Å². The number of ketones is 1. The van der Waals surface area contributed by atoms with Crippen molar-refractivity contribution < 1.29 is 52.2 Å². The highest BCUT2D eigenvalue weighted by Gasteiger charge is 2.57. The van der Waals surface area contributed by atoms with Crippen LogP contribution in [-0.2, 0) is 59.9 Å². The number of aromatic nitrogens is 6. The third-order valence-electron chi connectivity index (χ3n) is 18.4. The average molecular weight is 1350 g/mol. The van der Waals surface area contributed by atoms with E-state index in [-0.39, 0.29) is 29.6 Å². The summed E-state index contributed by atoms with van der Waals surface area (Å²) < 4.78 is 40.6. The molecule has 5 heterocycles. The van der Waals surface area contributed by atoms with E-state index in [4.69, 9.17) is 34.2 Å². The van der Waals surface area contributed by atoms with Crippen LogP contribution in [0.25, 0.3) is 17.8 Å². The van der Waals surface area contributed by atoms with Crippen molar-refractivity contribution in [1.82, 2.24) is 30.1 Å². The van der Waals surface area contributed by atoms with Crippen molar-refractivity contribution in [1.29, 1.82) is 0 Å². The summed E-state index contributed by atoms with van der Waals surface area (Å²) in [6.45, 7) is 22.5. The number of hydrogen-bond donors (Lipinski definition) is 3. The van der Waals surface area contributed by atoms with Gasteiger partial charge < -0.3 is 54.6 Å². The molecule has 0 fully saturated rings. The van der Waals surface area contributed by atoms with E-state index in [1.165, 1.54) is 0 Å². The van der Waals surface area contributed by atoms with Crippen molar-refractivity contribution in [2.45, 2.75) is 92.3 Å². The summed E-state index contributed by atoms with van der Waals surface area (Å²) in [6.07, 6.45) is 14.9. The van der Waals surface area contributed by atoms with Gasteiger partial charge in [0.2, 0.25) is 5.91 Å². The molecule has 0 unspecified atom stereocenters. The number of anilines is 4. The van der Waals surface area contributed by atoms with E-state index < -0.39 is 11.4 Å². The minimum atomic E-state index is -0.988. The highest BCUT2D eigenvalue weighted by atomic mass is 16.6. The maximum atomic E-state index is 15.0. The third kappa shape index (κ3) is 16.8. The van der Waals surface area contributed by atoms with Crippen LogP contribution in [0.3, 0.4) is 0 Å². The number of Topliss-reactive ketones (excluding diaryl/α,β-unsaturated/α-hetero) is 1. The monoisotopic (exact) mass is 1350 g/mol. The van der Waals surface area contributed by atoms with Crippen molar-refractivity contribution in [3.05, 3.63) is 196 Å². The number of ether oxygens (including phenoxy) is 6. The van der Waals surface area contributed by atoms with E-state index in [1.54, 1.807) is 27.7 Å². The molecular formula is C77H93N12O10+. The van der Waals surface area contributed by atoms with Gasteiger partial charge in [-0.2, -0.15) is 5.10 Å². The molecule has 1 spiro atoms. The van der Waals surface area contributed by atoms with Crippen molar-refractivity contribution in [3.8, 4) is 17.2 Å². The number of amides is 3. The molecule has 3 aromatic heterocycles. The Labute approximate surface area is 580 Å². The van der Waals surface area contributed by atoms with Crippen molar-refractivity contribution in [2.24, 2.45) is 11.1 Å². The van der Waals surface area contributed by atoms with Crippen LogP contribution in [0.5, 0.6) is 11.5 Å². The quantitative estimate of drug-likeness (QED) is 0.0243. The smallest absolute Gasteiger partial charge is 0.260 e. The Bertz CT molecular complexity index is 4040. The van der Waals surface area contributed by atoms with Gasteiger partial charge in [0.05, 0.1) is 93.7 Å². The zero-order valence-corrected chi connectivity index (χ0v) is 57.9. The molecule has 3 amide bonds. The molecule has 3 aliphatic rings. The molecule has 4 N–H and O–H groups in total. The number of rotatable bonds is 37. The van der Waals surface area contributed by atoms with Gasteiger partial charge in [-0.3, -0.25) is 24.1 Å². The number of nitrogens with two attached hydrogens (primary N) is 1. The summed E-state index contributed by atoms with van der Waals surface area (Å²) in [4.78, 5) is 59.3. The Morgan fingerprint density at radius 1 is 0.657 bits per heavy atom. The predicted octanol–water partition coefficient (Wildman–Crippen LogP) is 10.3. The van der Waals surface area contributed by atoms with Crippen LogP contribution in [-0.4, -0.2) is 154 Å². The molecule has 22 nitrogen and oxygen atoms in total. The van der Waals surface area contributed by atoms with Crippen LogP contribution in [0.4, 0.5) is 22.7 Å². The topological polar surface area (TPSA) is 236 Å². The van der Waals surface area contributed by atoms with Gasteiger partial charge in [-0.05, 0) is 112 Å². The minimum Gasteiger partial charge on any atom is -0.456 e. The largest absolute Gasteiger partial charge is 0.456 e. The summed E-state index contributed by atoms with van der Waals surface area (Å²) >= 11 is 0. The standard InChI is InChI=1S/C77H92N12O10/c1-7-85(8-2)59-24-27-66-71(48-59)99-72-49-60(86(9-3)10-4)25-28-67(72)77(66)65-16-12-11-15-62(65)75(93)88(77)58-21-19-55(20-22-58)17-18-56-29-34-84(35-30-56)36-31-57-53-87(83-82-57)54-73(91)80-33-14-38-95-40-42-97-44-46-98-45-43-96-41-39-94-37-13-32-79-68-47-61(23-26-63(68)74(78)92)89-69-50-76(5,6)51-70(90)64(69)52-81-89/h11-12,15-30,34-35,47-49,52-53H,7-10,13-14,31-33,36-46,50-51,54H2,1-6H3,(H3-,78,79,80,91,92)/p+1. The second-order valence-corrected chi connectivity index (χ2v) is 25.7. The molecule has 0 atom stereocenters. The van der Waals surface area contributed by atoms with Gasteiger partial charge >= 0.3 is 0 Å². The van der Waals surface area contributed by atoms with E-state index >= 15 is 4.79 Å². The first-order valence-corrected chi connectivity index (χ1v) is 34.7. The lowest BCUT2D eigenvalue weighted by molar-refractivity contribution is -0.696. The van der Waals surface area contributed by atoms with Gasteiger partial charge in [-0.15, -0.1) is 5.10 Å². The molecule has 8 aromatic rings. The SMILES string of the molecule is CCN(CC)c1ccc2c(c1)Oc1cc(N(CC)CC)ccc1C21c2ccccc2C(=O)N1c1ccc(/C=C/c2cc[n+](CCc3cn(CC(=O)NCCCOCCOCCOCCOCCOCCCNc4cc(-n5ncc6c5CC(C)(C)CC6=O)ccc4C(N)=O)nn3)cc2)cc1. The Morgan fingerprint density at radius 2 is 1.23 bits per heavy atom. The second kappa shape index (κ2) is 33.3. The van der Waals surface area contributed by atoms with Crippen molar-refractivity contribution >= 4 is 58.4 Å². The third-order valence-corrected chi connectivity index (χ3v) is 18.4. The number of nitrogens with zero attached hydrogens (tertiary/aromatic N) is 9. The Kier molecular flexibility index (Phi) is 23.8. The lowest BCUT2D eigenvalue weighted by Gasteiger charge is -2.44. The molecule has 11 rings (SSSR count). The van der Waals surface area contributed by atoms with Crippen LogP contribution in [0.1, 0.15) is 131 Å². The molecule has 0 bridgehead atoms. The Hall–Kier alpha value is -9.58. The fourth-order valence-corrected chi connectivity index (χ4v) is 13.3. The molecule has 22 heteroatoms. The molecule has 0 saturated carbocycles. The molecule has 520 valence electrons.